The first kappa shape index (κ1) is 15.5. The van der Waals surface area contributed by atoms with Crippen molar-refractivity contribution in [2.45, 2.75) is 19.4 Å². The standard InChI is InChI=1S/C14H19N3OS.ClH/c15-8-11-3-1-5-17(9-11)10-12-7-13(18-16-12)14-4-2-6-19-14;/h2,4,6-7,11H,1,3,5,8-10,15H2;1H. The molecule has 3 rings (SSSR count). The fourth-order valence-electron chi connectivity index (χ4n) is 2.64. The van der Waals surface area contributed by atoms with Crippen LogP contribution in [0.2, 0.25) is 0 Å². The van der Waals surface area contributed by atoms with E-state index in [0.29, 0.717) is 5.92 Å². The second kappa shape index (κ2) is 7.22. The van der Waals surface area contributed by atoms with E-state index < -0.39 is 0 Å². The van der Waals surface area contributed by atoms with E-state index >= 15 is 0 Å². The predicted molar refractivity (Wildman–Crippen MR) is 84.1 cm³/mol. The Balaban J connectivity index is 0.00000147. The van der Waals surface area contributed by atoms with Gasteiger partial charge < -0.3 is 10.3 Å². The summed E-state index contributed by atoms with van der Waals surface area (Å²) in [7, 11) is 0. The highest BCUT2D eigenvalue weighted by Crippen LogP contribution is 2.26. The van der Waals surface area contributed by atoms with Crippen LogP contribution in [0.5, 0.6) is 0 Å². The van der Waals surface area contributed by atoms with Crippen LogP contribution in [0, 0.1) is 5.92 Å². The minimum absolute atomic E-state index is 0. The van der Waals surface area contributed by atoms with Gasteiger partial charge in [-0.3, -0.25) is 4.90 Å². The molecule has 6 heteroatoms. The zero-order chi connectivity index (χ0) is 13.1. The van der Waals surface area contributed by atoms with Crippen molar-refractivity contribution in [1.82, 2.24) is 10.1 Å². The first-order valence-electron chi connectivity index (χ1n) is 6.77. The van der Waals surface area contributed by atoms with E-state index in [1.54, 1.807) is 11.3 Å². The molecule has 1 atom stereocenters. The van der Waals surface area contributed by atoms with Gasteiger partial charge in [0.25, 0.3) is 0 Å². The summed E-state index contributed by atoms with van der Waals surface area (Å²) in [6, 6.07) is 6.14. The van der Waals surface area contributed by atoms with Crippen molar-refractivity contribution in [2.75, 3.05) is 19.6 Å². The molecule has 110 valence electrons. The SMILES string of the molecule is Cl.NCC1CCCN(Cc2cc(-c3cccs3)on2)C1. The fourth-order valence-corrected chi connectivity index (χ4v) is 3.31. The van der Waals surface area contributed by atoms with E-state index in [0.717, 1.165) is 42.5 Å². The molecule has 0 aliphatic carbocycles. The molecular formula is C14H20ClN3OS. The van der Waals surface area contributed by atoms with Crippen molar-refractivity contribution >= 4 is 23.7 Å². The van der Waals surface area contributed by atoms with Crippen molar-refractivity contribution in [3.63, 3.8) is 0 Å². The molecule has 2 aromatic rings. The van der Waals surface area contributed by atoms with Gasteiger partial charge in [-0.05, 0) is 43.3 Å². The summed E-state index contributed by atoms with van der Waals surface area (Å²) in [5, 5.41) is 6.23. The van der Waals surface area contributed by atoms with Crippen LogP contribution in [-0.4, -0.2) is 29.7 Å². The van der Waals surface area contributed by atoms with Gasteiger partial charge in [-0.1, -0.05) is 11.2 Å². The quantitative estimate of drug-likeness (QED) is 0.942. The van der Waals surface area contributed by atoms with Crippen molar-refractivity contribution in [3.8, 4) is 10.6 Å². The van der Waals surface area contributed by atoms with Crippen LogP contribution in [0.4, 0.5) is 0 Å². The second-order valence-corrected chi connectivity index (χ2v) is 6.09. The molecule has 0 bridgehead atoms. The molecule has 1 fully saturated rings. The van der Waals surface area contributed by atoms with Crippen LogP contribution < -0.4 is 5.73 Å². The Morgan fingerprint density at radius 2 is 2.40 bits per heavy atom. The molecule has 3 heterocycles. The number of halogens is 1. The maximum atomic E-state index is 5.77. The lowest BCUT2D eigenvalue weighted by atomic mass is 9.98. The van der Waals surface area contributed by atoms with Gasteiger partial charge in [-0.25, -0.2) is 0 Å². The second-order valence-electron chi connectivity index (χ2n) is 5.14. The Morgan fingerprint density at radius 1 is 1.50 bits per heavy atom. The van der Waals surface area contributed by atoms with Gasteiger partial charge in [0.05, 0.1) is 10.6 Å². The first-order chi connectivity index (χ1) is 9.35. The Bertz CT molecular complexity index is 514. The van der Waals surface area contributed by atoms with Gasteiger partial charge in [0.2, 0.25) is 0 Å². The molecule has 0 aromatic carbocycles. The molecule has 0 saturated carbocycles. The number of aromatic nitrogens is 1. The van der Waals surface area contributed by atoms with E-state index in [1.807, 2.05) is 11.4 Å². The molecule has 0 radical (unpaired) electrons. The Hall–Kier alpha value is -0.880. The smallest absolute Gasteiger partial charge is 0.177 e. The number of thiophene rings is 1. The molecule has 1 unspecified atom stereocenters. The van der Waals surface area contributed by atoms with Gasteiger partial charge in [0.1, 0.15) is 0 Å². The maximum Gasteiger partial charge on any atom is 0.177 e. The summed E-state index contributed by atoms with van der Waals surface area (Å²) in [6.45, 7) is 3.87. The minimum Gasteiger partial charge on any atom is -0.355 e. The van der Waals surface area contributed by atoms with E-state index in [-0.39, 0.29) is 12.4 Å². The van der Waals surface area contributed by atoms with Crippen LogP contribution in [-0.2, 0) is 6.54 Å². The lowest BCUT2D eigenvalue weighted by Crippen LogP contribution is -2.37. The zero-order valence-corrected chi connectivity index (χ0v) is 13.0. The normalized spacial score (nSPS) is 19.8. The van der Waals surface area contributed by atoms with Gasteiger partial charge in [-0.2, -0.15) is 0 Å². The van der Waals surface area contributed by atoms with E-state index in [4.69, 9.17) is 10.3 Å². The number of likely N-dealkylation sites (tertiary alicyclic amines) is 1. The number of rotatable bonds is 4. The van der Waals surface area contributed by atoms with Crippen LogP contribution in [0.25, 0.3) is 10.6 Å². The van der Waals surface area contributed by atoms with Crippen LogP contribution >= 0.6 is 23.7 Å². The summed E-state index contributed by atoms with van der Waals surface area (Å²) in [5.41, 5.74) is 6.78. The van der Waals surface area contributed by atoms with Gasteiger partial charge in [0, 0.05) is 19.2 Å². The largest absolute Gasteiger partial charge is 0.355 e. The van der Waals surface area contributed by atoms with Gasteiger partial charge >= 0.3 is 0 Å². The van der Waals surface area contributed by atoms with E-state index in [9.17, 15) is 0 Å². The van der Waals surface area contributed by atoms with Crippen molar-refractivity contribution in [3.05, 3.63) is 29.3 Å². The summed E-state index contributed by atoms with van der Waals surface area (Å²) in [4.78, 5) is 3.56. The topological polar surface area (TPSA) is 55.3 Å². The Kier molecular flexibility index (Phi) is 5.60. The zero-order valence-electron chi connectivity index (χ0n) is 11.3. The van der Waals surface area contributed by atoms with Crippen molar-refractivity contribution < 1.29 is 4.52 Å². The number of nitrogens with two attached hydrogens (primary N) is 1. The third-order valence-electron chi connectivity index (χ3n) is 3.65. The highest BCUT2D eigenvalue weighted by atomic mass is 35.5. The minimum atomic E-state index is 0. The first-order valence-corrected chi connectivity index (χ1v) is 7.65. The lowest BCUT2D eigenvalue weighted by Gasteiger charge is -2.31. The number of hydrogen-bond acceptors (Lipinski definition) is 5. The molecule has 0 spiro atoms. The Morgan fingerprint density at radius 3 is 3.15 bits per heavy atom. The highest BCUT2D eigenvalue weighted by Gasteiger charge is 2.20. The maximum absolute atomic E-state index is 5.77. The summed E-state index contributed by atoms with van der Waals surface area (Å²) in [6.07, 6.45) is 2.49. The molecule has 20 heavy (non-hydrogen) atoms. The molecule has 1 aliphatic rings. The molecule has 4 nitrogen and oxygen atoms in total. The van der Waals surface area contributed by atoms with Crippen LogP contribution in [0.15, 0.2) is 28.1 Å². The van der Waals surface area contributed by atoms with Crippen LogP contribution in [0.1, 0.15) is 18.5 Å². The number of nitrogens with zero attached hydrogens (tertiary/aromatic N) is 2. The van der Waals surface area contributed by atoms with Gasteiger partial charge in [0.15, 0.2) is 5.76 Å². The summed E-state index contributed by atoms with van der Waals surface area (Å²) >= 11 is 1.68. The van der Waals surface area contributed by atoms with Gasteiger partial charge in [-0.15, -0.1) is 23.7 Å². The summed E-state index contributed by atoms with van der Waals surface area (Å²) in [5.74, 6) is 1.51. The molecular weight excluding hydrogens is 294 g/mol. The highest BCUT2D eigenvalue weighted by molar-refractivity contribution is 7.13. The van der Waals surface area contributed by atoms with E-state index in [1.165, 1.54) is 12.8 Å². The average Bonchev–Trinajstić information content (AvgIpc) is 3.09. The average molecular weight is 314 g/mol. The molecule has 1 aliphatic heterocycles. The molecule has 2 N–H and O–H groups in total. The molecule has 2 aromatic heterocycles. The van der Waals surface area contributed by atoms with E-state index in [2.05, 4.69) is 22.2 Å². The molecule has 0 amide bonds. The predicted octanol–water partition coefficient (Wildman–Crippen LogP) is 3.00. The number of piperidine rings is 1. The monoisotopic (exact) mass is 313 g/mol. The lowest BCUT2D eigenvalue weighted by molar-refractivity contribution is 0.167. The van der Waals surface area contributed by atoms with Crippen molar-refractivity contribution in [1.29, 1.82) is 0 Å². The molecule has 1 saturated heterocycles. The van der Waals surface area contributed by atoms with Crippen LogP contribution in [0.3, 0.4) is 0 Å². The Labute approximate surface area is 129 Å². The third kappa shape index (κ3) is 3.61. The third-order valence-corrected chi connectivity index (χ3v) is 4.53. The number of hydrogen-bond donors (Lipinski definition) is 1. The van der Waals surface area contributed by atoms with Crippen molar-refractivity contribution in [2.24, 2.45) is 11.7 Å². The summed E-state index contributed by atoms with van der Waals surface area (Å²) < 4.78 is 5.41. The fraction of sp³-hybridized carbons (Fsp3) is 0.500.